The summed E-state index contributed by atoms with van der Waals surface area (Å²) in [7, 11) is 3.17. The SMILES string of the molecule is COc1ccc(C=Cc2nc(C#N)c(NCc3ccc4c(c3)OCO4)o2)cc1OC. The zero-order valence-corrected chi connectivity index (χ0v) is 16.5. The summed E-state index contributed by atoms with van der Waals surface area (Å²) in [5.74, 6) is 3.31. The van der Waals surface area contributed by atoms with E-state index in [1.54, 1.807) is 20.3 Å². The zero-order chi connectivity index (χ0) is 20.9. The Balaban J connectivity index is 1.47. The normalized spacial score (nSPS) is 12.0. The molecule has 0 radical (unpaired) electrons. The standard InChI is InChI=1S/C22H19N3O5/c1-26-17-6-3-14(9-19(17)27-2)5-8-21-25-16(11-23)22(30-21)24-12-15-4-7-18-20(10-15)29-13-28-18/h3-10,24H,12-13H2,1-2H3. The summed E-state index contributed by atoms with van der Waals surface area (Å²) in [5.41, 5.74) is 2.02. The highest BCUT2D eigenvalue weighted by molar-refractivity contribution is 5.69. The van der Waals surface area contributed by atoms with Crippen molar-refractivity contribution in [2.24, 2.45) is 0 Å². The molecule has 1 N–H and O–H groups in total. The van der Waals surface area contributed by atoms with Crippen molar-refractivity contribution >= 4 is 18.0 Å². The number of hydrogen-bond acceptors (Lipinski definition) is 8. The molecule has 0 unspecified atom stereocenters. The van der Waals surface area contributed by atoms with Crippen LogP contribution in [0, 0.1) is 11.3 Å². The summed E-state index contributed by atoms with van der Waals surface area (Å²) >= 11 is 0. The van der Waals surface area contributed by atoms with Crippen molar-refractivity contribution in [3.05, 3.63) is 59.1 Å². The fraction of sp³-hybridized carbons (Fsp3) is 0.182. The molecule has 0 saturated heterocycles. The minimum atomic E-state index is 0.183. The van der Waals surface area contributed by atoms with E-state index in [0.717, 1.165) is 16.9 Å². The van der Waals surface area contributed by atoms with Crippen LogP contribution in [0.5, 0.6) is 23.0 Å². The van der Waals surface area contributed by atoms with Crippen LogP contribution in [0.3, 0.4) is 0 Å². The van der Waals surface area contributed by atoms with E-state index in [-0.39, 0.29) is 12.5 Å². The predicted octanol–water partition coefficient (Wildman–Crippen LogP) is 4.07. The molecule has 152 valence electrons. The van der Waals surface area contributed by atoms with Crippen LogP contribution >= 0.6 is 0 Å². The van der Waals surface area contributed by atoms with Crippen LogP contribution in [0.15, 0.2) is 40.8 Å². The lowest BCUT2D eigenvalue weighted by atomic mass is 10.2. The lowest BCUT2D eigenvalue weighted by molar-refractivity contribution is 0.174. The Morgan fingerprint density at radius 2 is 1.90 bits per heavy atom. The third-order valence-electron chi connectivity index (χ3n) is 4.47. The van der Waals surface area contributed by atoms with E-state index in [1.807, 2.05) is 48.5 Å². The number of aromatic nitrogens is 1. The Kier molecular flexibility index (Phi) is 5.44. The van der Waals surface area contributed by atoms with E-state index in [0.29, 0.717) is 35.6 Å². The predicted molar refractivity (Wildman–Crippen MR) is 110 cm³/mol. The van der Waals surface area contributed by atoms with Crippen molar-refractivity contribution in [2.75, 3.05) is 26.3 Å². The minimum Gasteiger partial charge on any atom is -0.493 e. The van der Waals surface area contributed by atoms with Gasteiger partial charge in [-0.25, -0.2) is 0 Å². The monoisotopic (exact) mass is 405 g/mol. The van der Waals surface area contributed by atoms with Crippen LogP contribution in [-0.4, -0.2) is 26.0 Å². The number of benzene rings is 2. The van der Waals surface area contributed by atoms with E-state index in [2.05, 4.69) is 10.3 Å². The highest BCUT2D eigenvalue weighted by Crippen LogP contribution is 2.33. The van der Waals surface area contributed by atoms with Crippen molar-refractivity contribution < 1.29 is 23.4 Å². The molecule has 0 atom stereocenters. The maximum Gasteiger partial charge on any atom is 0.232 e. The number of hydrogen-bond donors (Lipinski definition) is 1. The molecule has 2 heterocycles. The van der Waals surface area contributed by atoms with E-state index >= 15 is 0 Å². The Bertz CT molecular complexity index is 1130. The molecule has 4 rings (SSSR count). The van der Waals surface area contributed by atoms with Gasteiger partial charge in [0.05, 0.1) is 14.2 Å². The Morgan fingerprint density at radius 1 is 1.07 bits per heavy atom. The van der Waals surface area contributed by atoms with Crippen molar-refractivity contribution in [2.45, 2.75) is 6.54 Å². The van der Waals surface area contributed by atoms with E-state index < -0.39 is 0 Å². The van der Waals surface area contributed by atoms with Gasteiger partial charge in [-0.15, -0.1) is 0 Å². The fourth-order valence-electron chi connectivity index (χ4n) is 2.96. The maximum absolute atomic E-state index is 9.36. The molecule has 3 aromatic rings. The van der Waals surface area contributed by atoms with Gasteiger partial charge in [0.2, 0.25) is 24.3 Å². The van der Waals surface area contributed by atoms with Gasteiger partial charge in [0.25, 0.3) is 0 Å². The van der Waals surface area contributed by atoms with Crippen LogP contribution in [0.25, 0.3) is 12.2 Å². The smallest absolute Gasteiger partial charge is 0.232 e. The number of anilines is 1. The molecule has 0 saturated carbocycles. The van der Waals surface area contributed by atoms with Gasteiger partial charge < -0.3 is 28.7 Å². The Hall–Kier alpha value is -4.12. The highest BCUT2D eigenvalue weighted by Gasteiger charge is 2.15. The summed E-state index contributed by atoms with van der Waals surface area (Å²) in [5, 5.41) is 12.5. The molecule has 8 nitrogen and oxygen atoms in total. The lowest BCUT2D eigenvalue weighted by Gasteiger charge is -2.07. The molecule has 0 spiro atoms. The van der Waals surface area contributed by atoms with Crippen molar-refractivity contribution in [1.82, 2.24) is 4.98 Å². The first-order valence-electron chi connectivity index (χ1n) is 9.13. The van der Waals surface area contributed by atoms with E-state index in [1.165, 1.54) is 0 Å². The van der Waals surface area contributed by atoms with Crippen LogP contribution in [-0.2, 0) is 6.54 Å². The summed E-state index contributed by atoms with van der Waals surface area (Å²) in [6, 6.07) is 13.2. The summed E-state index contributed by atoms with van der Waals surface area (Å²) in [6.45, 7) is 0.669. The molecule has 0 bridgehead atoms. The van der Waals surface area contributed by atoms with Gasteiger partial charge in [-0.1, -0.05) is 12.1 Å². The number of methoxy groups -OCH3 is 2. The maximum atomic E-state index is 9.36. The Labute approximate surface area is 173 Å². The molecular formula is C22H19N3O5. The van der Waals surface area contributed by atoms with Gasteiger partial charge >= 0.3 is 0 Å². The topological polar surface area (TPSA) is 98.8 Å². The molecule has 0 amide bonds. The van der Waals surface area contributed by atoms with Gasteiger partial charge in [-0.05, 0) is 41.5 Å². The number of nitrogens with one attached hydrogen (secondary N) is 1. The summed E-state index contributed by atoms with van der Waals surface area (Å²) < 4.78 is 26.9. The molecular weight excluding hydrogens is 386 g/mol. The second-order valence-corrected chi connectivity index (χ2v) is 6.33. The van der Waals surface area contributed by atoms with Gasteiger partial charge in [0.15, 0.2) is 23.0 Å². The van der Waals surface area contributed by atoms with Gasteiger partial charge in [0, 0.05) is 12.6 Å². The van der Waals surface area contributed by atoms with Crippen LogP contribution in [0.2, 0.25) is 0 Å². The van der Waals surface area contributed by atoms with E-state index in [4.69, 9.17) is 23.4 Å². The average Bonchev–Trinajstić information content (AvgIpc) is 3.41. The molecule has 2 aromatic carbocycles. The van der Waals surface area contributed by atoms with Crippen molar-refractivity contribution in [3.8, 4) is 29.1 Å². The third-order valence-corrected chi connectivity index (χ3v) is 4.47. The van der Waals surface area contributed by atoms with Crippen LogP contribution in [0.4, 0.5) is 5.88 Å². The number of ether oxygens (including phenoxy) is 4. The first kappa shape index (κ1) is 19.2. The number of nitriles is 1. The zero-order valence-electron chi connectivity index (χ0n) is 16.5. The van der Waals surface area contributed by atoms with Gasteiger partial charge in [0.1, 0.15) is 6.07 Å². The number of fused-ring (bicyclic) bond motifs is 1. The first-order valence-corrected chi connectivity index (χ1v) is 9.13. The fourth-order valence-corrected chi connectivity index (χ4v) is 2.96. The van der Waals surface area contributed by atoms with Crippen molar-refractivity contribution in [3.63, 3.8) is 0 Å². The highest BCUT2D eigenvalue weighted by atomic mass is 16.7. The van der Waals surface area contributed by atoms with Crippen LogP contribution < -0.4 is 24.3 Å². The molecule has 0 aliphatic carbocycles. The second-order valence-electron chi connectivity index (χ2n) is 6.33. The van der Waals surface area contributed by atoms with Crippen LogP contribution in [0.1, 0.15) is 22.7 Å². The number of rotatable bonds is 7. The largest absolute Gasteiger partial charge is 0.493 e. The lowest BCUT2D eigenvalue weighted by Crippen LogP contribution is -1.99. The molecule has 1 aromatic heterocycles. The molecule has 8 heteroatoms. The number of oxazole rings is 1. The first-order chi connectivity index (χ1) is 14.7. The minimum absolute atomic E-state index is 0.183. The Morgan fingerprint density at radius 3 is 2.70 bits per heavy atom. The quantitative estimate of drug-likeness (QED) is 0.628. The molecule has 30 heavy (non-hydrogen) atoms. The molecule has 0 fully saturated rings. The number of nitrogens with zero attached hydrogens (tertiary/aromatic N) is 2. The molecule has 1 aliphatic rings. The van der Waals surface area contributed by atoms with E-state index in [9.17, 15) is 5.26 Å². The second kappa shape index (κ2) is 8.49. The summed E-state index contributed by atoms with van der Waals surface area (Å²) in [4.78, 5) is 4.21. The summed E-state index contributed by atoms with van der Waals surface area (Å²) in [6.07, 6.45) is 3.50. The average molecular weight is 405 g/mol. The third kappa shape index (κ3) is 4.00. The van der Waals surface area contributed by atoms with Crippen molar-refractivity contribution in [1.29, 1.82) is 5.26 Å². The van der Waals surface area contributed by atoms with Gasteiger partial charge in [-0.3, -0.25) is 0 Å². The van der Waals surface area contributed by atoms with Gasteiger partial charge in [-0.2, -0.15) is 10.2 Å². The molecule has 1 aliphatic heterocycles.